The number of aromatic nitrogens is 2. The zero-order chi connectivity index (χ0) is 13.5. The number of rotatable bonds is 3. The molecule has 0 atom stereocenters. The molecule has 0 bridgehead atoms. The summed E-state index contributed by atoms with van der Waals surface area (Å²) in [6.45, 7) is 0. The smallest absolute Gasteiger partial charge is 0.260 e. The third kappa shape index (κ3) is 2.19. The van der Waals surface area contributed by atoms with Gasteiger partial charge in [-0.15, -0.1) is 0 Å². The molecule has 3 N–H and O–H groups in total. The number of nitrogens with zero attached hydrogens (tertiary/aromatic N) is 2. The molecule has 2 heterocycles. The molecule has 7 heteroatoms. The number of hydrogen-bond donors (Lipinski definition) is 2. The van der Waals surface area contributed by atoms with Crippen LogP contribution in [-0.2, 0) is 10.0 Å². The Labute approximate surface area is 111 Å². The van der Waals surface area contributed by atoms with Gasteiger partial charge < -0.3 is 5.73 Å². The maximum atomic E-state index is 12.4. The van der Waals surface area contributed by atoms with Crippen LogP contribution in [0.4, 0.5) is 5.82 Å². The van der Waals surface area contributed by atoms with Crippen molar-refractivity contribution < 1.29 is 8.42 Å². The molecule has 0 aromatic carbocycles. The van der Waals surface area contributed by atoms with Crippen LogP contribution in [0.15, 0.2) is 29.4 Å². The fourth-order valence-electron chi connectivity index (χ4n) is 2.58. The average Bonchev–Trinajstić information content (AvgIpc) is 2.94. The molecular formula is C12H16N4O2S. The lowest BCUT2D eigenvalue weighted by molar-refractivity contribution is 0.548. The zero-order valence-corrected chi connectivity index (χ0v) is 11.2. The van der Waals surface area contributed by atoms with E-state index in [0.29, 0.717) is 5.65 Å². The lowest BCUT2D eigenvalue weighted by atomic mass is 10.3. The van der Waals surface area contributed by atoms with Gasteiger partial charge >= 0.3 is 0 Å². The standard InChI is InChI=1S/C12H16N4O2S/c13-11-12(16-8-4-3-7-10(16)14-11)19(17,18)15-9-5-1-2-6-9/h3-4,7-9,15H,1-2,5-6,13H2. The number of sulfonamides is 1. The van der Waals surface area contributed by atoms with Crippen LogP contribution in [-0.4, -0.2) is 23.8 Å². The van der Waals surface area contributed by atoms with Gasteiger partial charge in [0.1, 0.15) is 5.65 Å². The van der Waals surface area contributed by atoms with E-state index in [9.17, 15) is 8.42 Å². The topological polar surface area (TPSA) is 89.5 Å². The number of imidazole rings is 1. The Morgan fingerprint density at radius 1 is 1.32 bits per heavy atom. The van der Waals surface area contributed by atoms with E-state index in [1.54, 1.807) is 24.4 Å². The number of hydrogen-bond acceptors (Lipinski definition) is 4. The summed E-state index contributed by atoms with van der Waals surface area (Å²) in [6.07, 6.45) is 5.55. The highest BCUT2D eigenvalue weighted by atomic mass is 32.2. The van der Waals surface area contributed by atoms with Crippen molar-refractivity contribution in [2.45, 2.75) is 36.8 Å². The lowest BCUT2D eigenvalue weighted by Crippen LogP contribution is -2.33. The van der Waals surface area contributed by atoms with E-state index in [1.165, 1.54) is 4.40 Å². The summed E-state index contributed by atoms with van der Waals surface area (Å²) in [5.74, 6) is 0.0386. The molecule has 1 fully saturated rings. The molecule has 19 heavy (non-hydrogen) atoms. The number of pyridine rings is 1. The summed E-state index contributed by atoms with van der Waals surface area (Å²) in [5, 5.41) is 0.0370. The van der Waals surface area contributed by atoms with Gasteiger partial charge in [0.15, 0.2) is 10.8 Å². The molecule has 0 amide bonds. The van der Waals surface area contributed by atoms with E-state index in [0.717, 1.165) is 25.7 Å². The number of nitrogen functional groups attached to an aromatic ring is 1. The highest BCUT2D eigenvalue weighted by molar-refractivity contribution is 7.89. The second-order valence-electron chi connectivity index (χ2n) is 4.83. The van der Waals surface area contributed by atoms with E-state index in [4.69, 9.17) is 5.73 Å². The van der Waals surface area contributed by atoms with Gasteiger partial charge in [0, 0.05) is 12.2 Å². The Morgan fingerprint density at radius 2 is 2.05 bits per heavy atom. The highest BCUT2D eigenvalue weighted by Crippen LogP contribution is 2.23. The second kappa shape index (κ2) is 4.50. The third-order valence-electron chi connectivity index (χ3n) is 3.44. The second-order valence-corrected chi connectivity index (χ2v) is 6.46. The maximum absolute atomic E-state index is 12.4. The maximum Gasteiger partial charge on any atom is 0.260 e. The monoisotopic (exact) mass is 280 g/mol. The lowest BCUT2D eigenvalue weighted by Gasteiger charge is -2.12. The molecule has 2 aromatic rings. The first kappa shape index (κ1) is 12.4. The van der Waals surface area contributed by atoms with Gasteiger partial charge in [0.2, 0.25) is 0 Å². The zero-order valence-electron chi connectivity index (χ0n) is 10.4. The fraction of sp³-hybridized carbons (Fsp3) is 0.417. The van der Waals surface area contributed by atoms with Gasteiger partial charge in [0.05, 0.1) is 0 Å². The van der Waals surface area contributed by atoms with Crippen LogP contribution in [0.25, 0.3) is 5.65 Å². The minimum atomic E-state index is -3.63. The van der Waals surface area contributed by atoms with Crippen molar-refractivity contribution >= 4 is 21.5 Å². The van der Waals surface area contributed by atoms with Crippen LogP contribution in [0.3, 0.4) is 0 Å². The predicted octanol–water partition coefficient (Wildman–Crippen LogP) is 1.14. The van der Waals surface area contributed by atoms with Crippen LogP contribution < -0.4 is 10.5 Å². The Bertz CT molecular complexity index is 702. The minimum absolute atomic E-state index is 0.0127. The Hall–Kier alpha value is -1.60. The van der Waals surface area contributed by atoms with E-state index >= 15 is 0 Å². The average molecular weight is 280 g/mol. The fourth-order valence-corrected chi connectivity index (χ4v) is 4.10. The molecule has 1 saturated carbocycles. The van der Waals surface area contributed by atoms with E-state index in [1.807, 2.05) is 0 Å². The van der Waals surface area contributed by atoms with Crippen molar-refractivity contribution in [1.29, 1.82) is 0 Å². The first-order chi connectivity index (χ1) is 9.08. The van der Waals surface area contributed by atoms with Crippen molar-refractivity contribution in [3.8, 4) is 0 Å². The van der Waals surface area contributed by atoms with Crippen LogP contribution in [0.5, 0.6) is 0 Å². The molecular weight excluding hydrogens is 264 g/mol. The summed E-state index contributed by atoms with van der Waals surface area (Å²) in [6, 6.07) is 5.29. The molecule has 0 saturated heterocycles. The number of fused-ring (bicyclic) bond motifs is 1. The summed E-state index contributed by atoms with van der Waals surface area (Å²) >= 11 is 0. The first-order valence-corrected chi connectivity index (χ1v) is 7.81. The minimum Gasteiger partial charge on any atom is -0.381 e. The largest absolute Gasteiger partial charge is 0.381 e. The van der Waals surface area contributed by atoms with Crippen molar-refractivity contribution in [1.82, 2.24) is 14.1 Å². The van der Waals surface area contributed by atoms with Gasteiger partial charge in [-0.1, -0.05) is 18.9 Å². The third-order valence-corrected chi connectivity index (χ3v) is 5.00. The molecule has 6 nitrogen and oxygen atoms in total. The predicted molar refractivity (Wildman–Crippen MR) is 72.2 cm³/mol. The molecule has 0 aliphatic heterocycles. The van der Waals surface area contributed by atoms with E-state index in [-0.39, 0.29) is 16.9 Å². The van der Waals surface area contributed by atoms with Crippen LogP contribution in [0.1, 0.15) is 25.7 Å². The van der Waals surface area contributed by atoms with E-state index in [2.05, 4.69) is 9.71 Å². The number of nitrogens with one attached hydrogen (secondary N) is 1. The van der Waals surface area contributed by atoms with Crippen molar-refractivity contribution in [2.24, 2.45) is 0 Å². The highest BCUT2D eigenvalue weighted by Gasteiger charge is 2.28. The normalized spacial score (nSPS) is 17.3. The summed E-state index contributed by atoms with van der Waals surface area (Å²) in [5.41, 5.74) is 6.30. The van der Waals surface area contributed by atoms with Crippen LogP contribution >= 0.6 is 0 Å². The quantitative estimate of drug-likeness (QED) is 0.882. The van der Waals surface area contributed by atoms with Gasteiger partial charge in [-0.25, -0.2) is 18.1 Å². The first-order valence-electron chi connectivity index (χ1n) is 6.33. The van der Waals surface area contributed by atoms with Crippen LogP contribution in [0.2, 0.25) is 0 Å². The van der Waals surface area contributed by atoms with Crippen LogP contribution in [0, 0.1) is 0 Å². The molecule has 1 aliphatic carbocycles. The van der Waals surface area contributed by atoms with E-state index < -0.39 is 10.0 Å². The Kier molecular flexibility index (Phi) is 2.94. The summed E-state index contributed by atoms with van der Waals surface area (Å²) in [7, 11) is -3.63. The number of nitrogens with two attached hydrogens (primary N) is 1. The Balaban J connectivity index is 2.04. The van der Waals surface area contributed by atoms with Gasteiger partial charge in [-0.3, -0.25) is 4.40 Å². The molecule has 2 aromatic heterocycles. The van der Waals surface area contributed by atoms with Gasteiger partial charge in [-0.2, -0.15) is 0 Å². The number of anilines is 1. The molecule has 0 spiro atoms. The molecule has 0 unspecified atom stereocenters. The SMILES string of the molecule is Nc1nc2ccccn2c1S(=O)(=O)NC1CCCC1. The van der Waals surface area contributed by atoms with Gasteiger partial charge in [-0.05, 0) is 25.0 Å². The molecule has 3 rings (SSSR count). The van der Waals surface area contributed by atoms with Gasteiger partial charge in [0.25, 0.3) is 10.0 Å². The molecule has 0 radical (unpaired) electrons. The molecule has 102 valence electrons. The Morgan fingerprint density at radius 3 is 2.79 bits per heavy atom. The van der Waals surface area contributed by atoms with Crippen molar-refractivity contribution in [3.63, 3.8) is 0 Å². The van der Waals surface area contributed by atoms with Crippen molar-refractivity contribution in [3.05, 3.63) is 24.4 Å². The van der Waals surface area contributed by atoms with Crippen molar-refractivity contribution in [2.75, 3.05) is 5.73 Å². The summed E-state index contributed by atoms with van der Waals surface area (Å²) < 4.78 is 29.1. The molecule has 1 aliphatic rings. The summed E-state index contributed by atoms with van der Waals surface area (Å²) in [4.78, 5) is 4.08.